The summed E-state index contributed by atoms with van der Waals surface area (Å²) in [6, 6.07) is 3.23. The first kappa shape index (κ1) is 11.9. The van der Waals surface area contributed by atoms with E-state index in [4.69, 9.17) is 0 Å². The Morgan fingerprint density at radius 3 is 2.63 bits per heavy atom. The Morgan fingerprint density at radius 2 is 2.11 bits per heavy atom. The first-order chi connectivity index (χ1) is 9.05. The lowest BCUT2D eigenvalue weighted by molar-refractivity contribution is -0.119. The molecule has 2 aliphatic rings. The number of carbonyl (C=O) groups is 3. The van der Waals surface area contributed by atoms with Gasteiger partial charge >= 0.3 is 5.97 Å². The summed E-state index contributed by atoms with van der Waals surface area (Å²) in [4.78, 5) is 36.6. The van der Waals surface area contributed by atoms with Crippen LogP contribution < -0.4 is 4.90 Å². The summed E-state index contributed by atoms with van der Waals surface area (Å²) in [5, 5.41) is 0. The van der Waals surface area contributed by atoms with Gasteiger partial charge in [-0.25, -0.2) is 4.79 Å². The van der Waals surface area contributed by atoms with Gasteiger partial charge in [-0.1, -0.05) is 0 Å². The first-order valence-electron chi connectivity index (χ1n) is 6.05. The van der Waals surface area contributed by atoms with E-state index in [9.17, 15) is 14.4 Å². The molecule has 0 unspecified atom stereocenters. The van der Waals surface area contributed by atoms with Crippen LogP contribution in [0.25, 0.3) is 0 Å². The molecule has 1 saturated carbocycles. The topological polar surface area (TPSA) is 63.7 Å². The number of esters is 1. The Balaban J connectivity index is 2.23. The van der Waals surface area contributed by atoms with Crippen LogP contribution in [0.5, 0.6) is 0 Å². The summed E-state index contributed by atoms with van der Waals surface area (Å²) in [6.07, 6.45) is 2.24. The van der Waals surface area contributed by atoms with Gasteiger partial charge in [0.25, 0.3) is 0 Å². The van der Waals surface area contributed by atoms with E-state index in [-0.39, 0.29) is 17.0 Å². The third-order valence-corrected chi connectivity index (χ3v) is 4.04. The quantitative estimate of drug-likeness (QED) is 0.593. The smallest absolute Gasteiger partial charge is 0.338 e. The number of nitrogens with zero attached hydrogens (tertiary/aromatic N) is 1. The molecule has 0 N–H and O–H groups in total. The van der Waals surface area contributed by atoms with Crippen LogP contribution in [-0.2, 0) is 14.9 Å². The molecule has 1 aromatic rings. The van der Waals surface area contributed by atoms with Gasteiger partial charge in [-0.05, 0) is 30.5 Å². The molecule has 1 heterocycles. The van der Waals surface area contributed by atoms with E-state index in [1.54, 1.807) is 24.1 Å². The fourth-order valence-corrected chi connectivity index (χ4v) is 2.80. The summed E-state index contributed by atoms with van der Waals surface area (Å²) in [6.45, 7) is 0. The van der Waals surface area contributed by atoms with Gasteiger partial charge < -0.3 is 9.64 Å². The zero-order valence-electron chi connectivity index (χ0n) is 10.7. The van der Waals surface area contributed by atoms with Gasteiger partial charge in [0.05, 0.1) is 18.1 Å². The average Bonchev–Trinajstić information content (AvgIpc) is 3.21. The third kappa shape index (κ3) is 1.38. The van der Waals surface area contributed by atoms with Gasteiger partial charge in [-0.15, -0.1) is 0 Å². The Bertz CT molecular complexity index is 616. The van der Waals surface area contributed by atoms with Gasteiger partial charge in [-0.2, -0.15) is 0 Å². The van der Waals surface area contributed by atoms with Crippen LogP contribution in [0.3, 0.4) is 0 Å². The number of hydrogen-bond acceptors (Lipinski definition) is 4. The van der Waals surface area contributed by atoms with Gasteiger partial charge in [-0.3, -0.25) is 9.59 Å². The summed E-state index contributed by atoms with van der Waals surface area (Å²) >= 11 is 0. The Hall–Kier alpha value is -2.17. The zero-order valence-corrected chi connectivity index (χ0v) is 10.7. The Labute approximate surface area is 110 Å². The lowest BCUT2D eigenvalue weighted by atomic mass is 9.94. The van der Waals surface area contributed by atoms with Crippen molar-refractivity contribution in [2.24, 2.45) is 0 Å². The number of hydrogen-bond donors (Lipinski definition) is 0. The van der Waals surface area contributed by atoms with Gasteiger partial charge in [0.15, 0.2) is 6.29 Å². The molecule has 19 heavy (non-hydrogen) atoms. The van der Waals surface area contributed by atoms with Gasteiger partial charge in [0.1, 0.15) is 0 Å². The molecule has 0 saturated heterocycles. The number of carbonyl (C=O) groups excluding carboxylic acids is 3. The van der Waals surface area contributed by atoms with Crippen molar-refractivity contribution in [3.63, 3.8) is 0 Å². The number of benzene rings is 1. The van der Waals surface area contributed by atoms with E-state index in [1.165, 1.54) is 7.11 Å². The number of amides is 1. The second kappa shape index (κ2) is 3.66. The van der Waals surface area contributed by atoms with Crippen molar-refractivity contribution in [2.45, 2.75) is 18.3 Å². The predicted molar refractivity (Wildman–Crippen MR) is 67.5 cm³/mol. The van der Waals surface area contributed by atoms with Crippen molar-refractivity contribution >= 4 is 23.9 Å². The maximum absolute atomic E-state index is 12.2. The van der Waals surface area contributed by atoms with Crippen molar-refractivity contribution in [1.82, 2.24) is 0 Å². The number of methoxy groups -OCH3 is 1. The highest BCUT2D eigenvalue weighted by Crippen LogP contribution is 2.57. The Kier molecular flexibility index (Phi) is 2.29. The highest BCUT2D eigenvalue weighted by Gasteiger charge is 2.58. The molecule has 1 aromatic carbocycles. The van der Waals surface area contributed by atoms with Crippen LogP contribution >= 0.6 is 0 Å². The van der Waals surface area contributed by atoms with Crippen LogP contribution in [-0.4, -0.2) is 32.3 Å². The second-order valence-corrected chi connectivity index (χ2v) is 5.01. The number of likely N-dealkylation sites (N-methyl/N-ethyl adjacent to an activating group) is 1. The normalized spacial score (nSPS) is 18.4. The van der Waals surface area contributed by atoms with E-state index < -0.39 is 11.4 Å². The maximum Gasteiger partial charge on any atom is 0.338 e. The summed E-state index contributed by atoms with van der Waals surface area (Å²) < 4.78 is 4.67. The number of fused-ring (bicyclic) bond motifs is 2. The number of rotatable bonds is 2. The summed E-state index contributed by atoms with van der Waals surface area (Å²) in [5.41, 5.74) is 1.59. The molecule has 0 aromatic heterocycles. The molecule has 3 rings (SSSR count). The van der Waals surface area contributed by atoms with Crippen LogP contribution in [0.2, 0.25) is 0 Å². The summed E-state index contributed by atoms with van der Waals surface area (Å²) in [7, 11) is 2.96. The lowest BCUT2D eigenvalue weighted by Gasteiger charge is -2.12. The van der Waals surface area contributed by atoms with E-state index in [2.05, 4.69) is 4.74 Å². The molecule has 5 heteroatoms. The molecule has 0 radical (unpaired) electrons. The molecule has 1 amide bonds. The standard InChI is InChI=1S/C14H13NO4/c1-15-11-6-9(12(17)19-2)8(7-16)5-10(11)14(3-4-14)13(15)18/h5-7H,3-4H2,1-2H3. The van der Waals surface area contributed by atoms with Crippen LogP contribution in [0, 0.1) is 0 Å². The summed E-state index contributed by atoms with van der Waals surface area (Å²) in [5.74, 6) is -0.524. The number of aldehydes is 1. The molecular formula is C14H13NO4. The molecule has 0 atom stereocenters. The maximum atomic E-state index is 12.2. The van der Waals surface area contributed by atoms with E-state index in [1.807, 2.05) is 0 Å². The van der Waals surface area contributed by atoms with Crippen molar-refractivity contribution in [2.75, 3.05) is 19.1 Å². The minimum Gasteiger partial charge on any atom is -0.465 e. The molecule has 1 aliphatic heterocycles. The number of anilines is 1. The minimum atomic E-state index is -0.567. The Morgan fingerprint density at radius 1 is 1.42 bits per heavy atom. The SMILES string of the molecule is COC(=O)c1cc2c(cc1C=O)C1(CC1)C(=O)N2C. The van der Waals surface area contributed by atoms with Crippen molar-refractivity contribution < 1.29 is 19.1 Å². The molecule has 5 nitrogen and oxygen atoms in total. The molecule has 1 spiro atoms. The van der Waals surface area contributed by atoms with Crippen molar-refractivity contribution in [3.05, 3.63) is 28.8 Å². The largest absolute Gasteiger partial charge is 0.465 e. The fraction of sp³-hybridized carbons (Fsp3) is 0.357. The first-order valence-corrected chi connectivity index (χ1v) is 6.05. The van der Waals surface area contributed by atoms with E-state index in [0.29, 0.717) is 12.0 Å². The predicted octanol–water partition coefficient (Wildman–Crippen LogP) is 1.29. The highest BCUT2D eigenvalue weighted by atomic mass is 16.5. The fourth-order valence-electron chi connectivity index (χ4n) is 2.80. The second-order valence-electron chi connectivity index (χ2n) is 5.01. The molecule has 98 valence electrons. The van der Waals surface area contributed by atoms with Crippen molar-refractivity contribution in [1.29, 1.82) is 0 Å². The van der Waals surface area contributed by atoms with E-state index in [0.717, 1.165) is 18.4 Å². The van der Waals surface area contributed by atoms with Gasteiger partial charge in [0.2, 0.25) is 5.91 Å². The molecular weight excluding hydrogens is 246 g/mol. The van der Waals surface area contributed by atoms with Crippen molar-refractivity contribution in [3.8, 4) is 0 Å². The zero-order chi connectivity index (χ0) is 13.8. The van der Waals surface area contributed by atoms with Crippen LogP contribution in [0.4, 0.5) is 5.69 Å². The number of ether oxygens (including phenoxy) is 1. The minimum absolute atomic E-state index is 0.0429. The molecule has 1 aliphatic carbocycles. The molecule has 0 bridgehead atoms. The average molecular weight is 259 g/mol. The van der Waals surface area contributed by atoms with Crippen LogP contribution in [0.15, 0.2) is 12.1 Å². The van der Waals surface area contributed by atoms with E-state index >= 15 is 0 Å². The van der Waals surface area contributed by atoms with Gasteiger partial charge in [0, 0.05) is 18.3 Å². The monoisotopic (exact) mass is 259 g/mol. The van der Waals surface area contributed by atoms with Crippen LogP contribution in [0.1, 0.15) is 39.1 Å². The molecule has 1 fully saturated rings. The lowest BCUT2D eigenvalue weighted by Crippen LogP contribution is -2.27. The highest BCUT2D eigenvalue weighted by molar-refractivity contribution is 6.12. The third-order valence-electron chi connectivity index (χ3n) is 4.04.